The molecule has 2 bridgehead atoms. The van der Waals surface area contributed by atoms with Crippen LogP contribution in [0, 0.1) is 29.6 Å². The monoisotopic (exact) mass is 741 g/mol. The van der Waals surface area contributed by atoms with Gasteiger partial charge in [-0.25, -0.2) is 4.79 Å². The number of esters is 1. The Labute approximate surface area is 306 Å². The predicted octanol–water partition coefficient (Wildman–Crippen LogP) is 5.33. The van der Waals surface area contributed by atoms with Crippen LogP contribution < -0.4 is 29.3 Å². The van der Waals surface area contributed by atoms with Gasteiger partial charge in [-0.05, 0) is 97.3 Å². The molecule has 0 spiro atoms. The quantitative estimate of drug-likeness (QED) is 0.161. The van der Waals surface area contributed by atoms with Crippen LogP contribution in [0.4, 0.5) is 11.4 Å². The van der Waals surface area contributed by atoms with Gasteiger partial charge < -0.3 is 29.2 Å². The number of rotatable bonds is 10. The number of thioether (sulfide) groups is 1. The third-order valence-corrected chi connectivity index (χ3v) is 13.2. The number of amides is 3. The number of H-pyrrole nitrogens is 1. The second-order valence-corrected chi connectivity index (χ2v) is 15.4. The molecule has 2 N–H and O–H groups in total. The van der Waals surface area contributed by atoms with Crippen LogP contribution in [-0.2, 0) is 19.1 Å². The topological polar surface area (TPSA) is 153 Å². The maximum atomic E-state index is 14.1. The van der Waals surface area contributed by atoms with Crippen molar-refractivity contribution in [1.29, 1.82) is 0 Å². The smallest absolute Gasteiger partial charge is 0.338 e. The van der Waals surface area contributed by atoms with Crippen LogP contribution in [0.2, 0.25) is 0 Å². The van der Waals surface area contributed by atoms with E-state index in [1.54, 1.807) is 80.4 Å². The first-order valence-electron chi connectivity index (χ1n) is 17.0. The van der Waals surface area contributed by atoms with Gasteiger partial charge in [-0.1, -0.05) is 17.4 Å². The van der Waals surface area contributed by atoms with Gasteiger partial charge in [-0.3, -0.25) is 24.1 Å². The molecule has 4 aromatic rings. The first-order chi connectivity index (χ1) is 25.2. The summed E-state index contributed by atoms with van der Waals surface area (Å²) >= 11 is 2.80. The van der Waals surface area contributed by atoms with E-state index < -0.39 is 23.7 Å². The second kappa shape index (κ2) is 13.5. The highest BCUT2D eigenvalue weighted by molar-refractivity contribution is 8.00. The molecule has 268 valence electrons. The second-order valence-electron chi connectivity index (χ2n) is 13.2. The number of ether oxygens (including phenoxy) is 4. The minimum absolute atomic E-state index is 0.000219. The fourth-order valence-electron chi connectivity index (χ4n) is 8.62. The molecule has 2 aliphatic carbocycles. The first-order valence-corrected chi connectivity index (χ1v) is 18.7. The van der Waals surface area contributed by atoms with E-state index in [0.29, 0.717) is 34.2 Å². The van der Waals surface area contributed by atoms with Crippen molar-refractivity contribution in [2.45, 2.75) is 29.5 Å². The fourth-order valence-corrected chi connectivity index (χ4v) is 11.5. The zero-order chi connectivity index (χ0) is 36.3. The lowest BCUT2D eigenvalue weighted by Crippen LogP contribution is -2.42. The summed E-state index contributed by atoms with van der Waals surface area (Å²) in [5.74, 6) is -0.889. The Morgan fingerprint density at radius 3 is 2.33 bits per heavy atom. The maximum Gasteiger partial charge on any atom is 0.338 e. The van der Waals surface area contributed by atoms with Crippen molar-refractivity contribution in [1.82, 2.24) is 4.98 Å². The molecule has 7 atom stereocenters. The van der Waals surface area contributed by atoms with Crippen molar-refractivity contribution in [3.63, 3.8) is 0 Å². The Balaban J connectivity index is 1.03. The fraction of sp³-hybridized carbons (Fsp3) is 0.342. The lowest BCUT2D eigenvalue weighted by atomic mass is 9.68. The van der Waals surface area contributed by atoms with Crippen LogP contribution in [0.15, 0.2) is 76.6 Å². The number of hydrogen-bond donors (Lipinski definition) is 2. The van der Waals surface area contributed by atoms with E-state index in [1.807, 2.05) is 12.1 Å². The molecule has 14 heteroatoms. The highest BCUT2D eigenvalue weighted by atomic mass is 32.2. The predicted molar refractivity (Wildman–Crippen MR) is 193 cm³/mol. The Morgan fingerprint density at radius 1 is 0.904 bits per heavy atom. The van der Waals surface area contributed by atoms with Crippen molar-refractivity contribution in [3.05, 3.63) is 92.4 Å². The number of carbonyl (C=O) groups is 4. The molecule has 2 saturated carbocycles. The average Bonchev–Trinajstić information content (AvgIpc) is 3.89. The summed E-state index contributed by atoms with van der Waals surface area (Å²) in [5, 5.41) is 3.59. The van der Waals surface area contributed by atoms with E-state index in [9.17, 15) is 24.0 Å². The molecule has 12 nitrogen and oxygen atoms in total. The minimum atomic E-state index is -0.439. The molecule has 3 amide bonds. The molecular formula is C38H35N3O9S2. The molecule has 52 heavy (non-hydrogen) atoms. The number of fused-ring (bicyclic) bond motifs is 9. The molecule has 3 fully saturated rings. The van der Waals surface area contributed by atoms with Crippen LogP contribution in [0.3, 0.4) is 0 Å². The Morgan fingerprint density at radius 2 is 1.63 bits per heavy atom. The van der Waals surface area contributed by atoms with Gasteiger partial charge in [0.2, 0.25) is 11.8 Å². The lowest BCUT2D eigenvalue weighted by Gasteiger charge is -2.43. The number of thiazole rings is 1. The number of carbonyl (C=O) groups excluding carboxylic acids is 4. The van der Waals surface area contributed by atoms with Crippen molar-refractivity contribution < 1.29 is 38.1 Å². The van der Waals surface area contributed by atoms with Crippen molar-refractivity contribution in [3.8, 4) is 17.2 Å². The van der Waals surface area contributed by atoms with Gasteiger partial charge in [0.1, 0.15) is 5.75 Å². The van der Waals surface area contributed by atoms with Gasteiger partial charge in [0, 0.05) is 21.7 Å². The highest BCUT2D eigenvalue weighted by Gasteiger charge is 2.69. The largest absolute Gasteiger partial charge is 0.497 e. The molecule has 1 aromatic heterocycles. The van der Waals surface area contributed by atoms with Crippen LogP contribution in [0.5, 0.6) is 17.2 Å². The standard InChI is InChI=1S/C38H35N3O9S2/c1-4-49-37(45)18-5-8-20(9-6-18)39-27(42)17-50-25-14-7-19(15-26(25)48-3)28-29-23-16-24(32(29)51-34-33(28)52-38(46)40-34)31-30(23)35(43)41(36(31)44)21-10-12-22(47-2)13-11-21/h5-15,23-24,28-32H,4,16-17H2,1-3H3,(H,39,42)(H,40,46)/t23-,24-,28-,29?,30?,31?,32?/m1/s1. The summed E-state index contributed by atoms with van der Waals surface area (Å²) in [4.78, 5) is 70.6. The van der Waals surface area contributed by atoms with Crippen LogP contribution in [0.1, 0.15) is 40.1 Å². The minimum Gasteiger partial charge on any atom is -0.497 e. The van der Waals surface area contributed by atoms with Crippen LogP contribution in [-0.4, -0.2) is 61.4 Å². The third kappa shape index (κ3) is 5.64. The number of methoxy groups -OCH3 is 2. The Bertz CT molecular complexity index is 2130. The zero-order valence-electron chi connectivity index (χ0n) is 28.5. The number of aromatic nitrogens is 1. The van der Waals surface area contributed by atoms with E-state index in [0.717, 1.165) is 21.9 Å². The van der Waals surface area contributed by atoms with Gasteiger partial charge in [-0.15, -0.1) is 11.8 Å². The van der Waals surface area contributed by atoms with E-state index in [-0.39, 0.29) is 58.8 Å². The van der Waals surface area contributed by atoms with Gasteiger partial charge >= 0.3 is 10.8 Å². The molecule has 4 unspecified atom stereocenters. The summed E-state index contributed by atoms with van der Waals surface area (Å²) in [6.45, 7) is 1.71. The summed E-state index contributed by atoms with van der Waals surface area (Å²) in [7, 11) is 3.09. The summed E-state index contributed by atoms with van der Waals surface area (Å²) < 4.78 is 21.9. The summed E-state index contributed by atoms with van der Waals surface area (Å²) in [6, 6.07) is 18.9. The van der Waals surface area contributed by atoms with Gasteiger partial charge in [-0.2, -0.15) is 0 Å². The van der Waals surface area contributed by atoms with E-state index in [1.165, 1.54) is 23.3 Å². The lowest BCUT2D eigenvalue weighted by molar-refractivity contribution is -0.123. The summed E-state index contributed by atoms with van der Waals surface area (Å²) in [6.07, 6.45) is 0.764. The molecule has 2 aliphatic heterocycles. The number of anilines is 2. The SMILES string of the molecule is CCOC(=O)c1ccc(NC(=O)COc2ccc([C@H]3c4sc(=O)[nH]c4SC4C3[C@H]3C[C@@H]4C4C(=O)N(c5ccc(OC)cc5)C(=O)C43)cc2OC)cc1. The number of imide groups is 1. The first kappa shape index (κ1) is 34.0. The Kier molecular flexibility index (Phi) is 8.82. The maximum absolute atomic E-state index is 14.1. The molecule has 4 aliphatic rings. The van der Waals surface area contributed by atoms with Crippen molar-refractivity contribution in [2.75, 3.05) is 37.7 Å². The van der Waals surface area contributed by atoms with Crippen LogP contribution >= 0.6 is 23.1 Å². The van der Waals surface area contributed by atoms with Crippen molar-refractivity contribution in [2.24, 2.45) is 29.6 Å². The van der Waals surface area contributed by atoms with Gasteiger partial charge in [0.15, 0.2) is 18.1 Å². The Hall–Kier alpha value is -5.08. The number of nitrogens with one attached hydrogen (secondary N) is 2. The highest BCUT2D eigenvalue weighted by Crippen LogP contribution is 2.68. The molecule has 1 saturated heterocycles. The molecule has 0 radical (unpaired) electrons. The normalized spacial score (nSPS) is 25.3. The van der Waals surface area contributed by atoms with E-state index in [4.69, 9.17) is 18.9 Å². The zero-order valence-corrected chi connectivity index (χ0v) is 30.1. The molecule has 8 rings (SSSR count). The molecular weight excluding hydrogens is 707 g/mol. The van der Waals surface area contributed by atoms with Crippen molar-refractivity contribution >= 4 is 58.2 Å². The number of benzene rings is 3. The third-order valence-electron chi connectivity index (χ3n) is 10.6. The summed E-state index contributed by atoms with van der Waals surface area (Å²) in [5.41, 5.74) is 2.32. The number of nitrogens with zero attached hydrogens (tertiary/aromatic N) is 1. The number of aromatic amines is 1. The molecule has 3 heterocycles. The van der Waals surface area contributed by atoms with Gasteiger partial charge in [0.05, 0.1) is 48.9 Å². The number of hydrogen-bond acceptors (Lipinski definition) is 11. The average molecular weight is 742 g/mol. The van der Waals surface area contributed by atoms with Gasteiger partial charge in [0.25, 0.3) is 5.91 Å². The van der Waals surface area contributed by atoms with Crippen LogP contribution in [0.25, 0.3) is 0 Å². The molecule has 3 aromatic carbocycles. The van der Waals surface area contributed by atoms with E-state index >= 15 is 0 Å². The van der Waals surface area contributed by atoms with E-state index in [2.05, 4.69) is 10.3 Å².